The van der Waals surface area contributed by atoms with Crippen molar-refractivity contribution in [3.63, 3.8) is 0 Å². The van der Waals surface area contributed by atoms with Gasteiger partial charge in [-0.05, 0) is 0 Å². The molecular weight excluding hydrogens is 447 g/mol. The number of rotatable bonds is 12. The van der Waals surface area contributed by atoms with Crippen molar-refractivity contribution in [1.29, 1.82) is 0 Å². The van der Waals surface area contributed by atoms with Crippen molar-refractivity contribution in [3.8, 4) is 0 Å². The molecule has 5 heteroatoms. The summed E-state index contributed by atoms with van der Waals surface area (Å²) < 4.78 is 4.34. The van der Waals surface area contributed by atoms with E-state index >= 15 is 0 Å². The number of imidazole rings is 1. The molecule has 0 aliphatic rings. The maximum atomic E-state index is 11.9. The molecule has 144 valence electrons. The summed E-state index contributed by atoms with van der Waals surface area (Å²) >= 11 is 1.12. The van der Waals surface area contributed by atoms with Gasteiger partial charge in [0.15, 0.2) is 0 Å². The Hall–Kier alpha value is -0.361. The minimum absolute atomic E-state index is 0.0867. The molecule has 0 aromatic carbocycles. The number of fused-ring (bicyclic) bond motifs is 1. The molecule has 0 aliphatic carbocycles. The van der Waals surface area contributed by atoms with Crippen LogP contribution < -0.4 is 2.89 Å². The van der Waals surface area contributed by atoms with Crippen LogP contribution in [0.1, 0.15) is 102 Å². The predicted molar refractivity (Wildman–Crippen MR) is 114 cm³/mol. The molecule has 0 unspecified atom stereocenters. The standard InChI is InChI=1S/C13H27.C8H7N2OS.Sn/c1-4-7-10-13(11-8-5-2)12-9-6-3;1-5(11)7-8-10(3-4-12-8)6(2)9-7;/h4-12H2,1-3H3;3H,1-2H3;. The van der Waals surface area contributed by atoms with E-state index < -0.39 is 21.1 Å². The van der Waals surface area contributed by atoms with E-state index in [0.717, 1.165) is 10.7 Å². The molecule has 3 nitrogen and oxygen atoms in total. The Labute approximate surface area is 173 Å². The molecule has 2 aromatic heterocycles. The Bertz CT molecular complexity index is 697. The Morgan fingerprint density at radius 2 is 1.65 bits per heavy atom. The summed E-state index contributed by atoms with van der Waals surface area (Å²) in [6.07, 6.45) is 14.5. The monoisotopic (exact) mass is 482 g/mol. The molecule has 0 spiro atoms. The number of nitrogens with zero attached hydrogens (tertiary/aromatic N) is 2. The third-order valence-corrected chi connectivity index (χ3v) is 12.4. The van der Waals surface area contributed by atoms with Crippen molar-refractivity contribution in [2.75, 3.05) is 0 Å². The van der Waals surface area contributed by atoms with Crippen molar-refractivity contribution < 1.29 is 4.79 Å². The van der Waals surface area contributed by atoms with Gasteiger partial charge in [-0.25, -0.2) is 0 Å². The van der Waals surface area contributed by atoms with Gasteiger partial charge in [0.2, 0.25) is 0 Å². The molecule has 0 atom stereocenters. The normalized spacial score (nSPS) is 12.2. The van der Waals surface area contributed by atoms with Crippen LogP contribution in [0.3, 0.4) is 0 Å². The van der Waals surface area contributed by atoms with Crippen molar-refractivity contribution in [1.82, 2.24) is 9.38 Å². The van der Waals surface area contributed by atoms with Crippen molar-refractivity contribution >= 4 is 46.0 Å². The van der Waals surface area contributed by atoms with E-state index in [-0.39, 0.29) is 5.78 Å². The second-order valence-corrected chi connectivity index (χ2v) is 14.9. The molecule has 0 bridgehead atoms. The van der Waals surface area contributed by atoms with E-state index in [0.29, 0.717) is 9.12 Å². The summed E-state index contributed by atoms with van der Waals surface area (Å²) in [6, 6.07) is 0. The van der Waals surface area contributed by atoms with Crippen LogP contribution in [0.5, 0.6) is 0 Å². The number of Topliss-reactive ketones (excluding diaryl/α,β-unsaturated/α-hetero) is 1. The van der Waals surface area contributed by atoms with Gasteiger partial charge in [0.1, 0.15) is 0 Å². The second-order valence-electron chi connectivity index (χ2n) is 7.55. The van der Waals surface area contributed by atoms with Gasteiger partial charge in [0.25, 0.3) is 0 Å². The van der Waals surface area contributed by atoms with Crippen LogP contribution in [0.4, 0.5) is 0 Å². The van der Waals surface area contributed by atoms with Gasteiger partial charge in [0, 0.05) is 0 Å². The van der Waals surface area contributed by atoms with Crippen molar-refractivity contribution in [2.45, 2.75) is 95.8 Å². The van der Waals surface area contributed by atoms with E-state index in [9.17, 15) is 4.79 Å². The van der Waals surface area contributed by atoms with Gasteiger partial charge in [-0.3, -0.25) is 0 Å². The molecule has 2 radical (unpaired) electrons. The SMILES string of the molecule is CCCC[C](CCCC)(CCCC)[Sn][c]1cn2c(C)nc(C(C)=O)c2s1. The average Bonchev–Trinajstić information content (AvgIpc) is 3.15. The van der Waals surface area contributed by atoms with Gasteiger partial charge in [0.05, 0.1) is 0 Å². The third kappa shape index (κ3) is 5.34. The number of aromatic nitrogens is 2. The number of hydrogen-bond acceptors (Lipinski definition) is 3. The third-order valence-electron chi connectivity index (χ3n) is 5.25. The van der Waals surface area contributed by atoms with Crippen LogP contribution >= 0.6 is 11.3 Å². The predicted octanol–water partition coefficient (Wildman–Crippen LogP) is 5.97. The zero-order chi connectivity index (χ0) is 19.2. The molecular formula is C21H34N2OSSn. The number of unbranched alkanes of at least 4 members (excludes halogenated alkanes) is 3. The van der Waals surface area contributed by atoms with Gasteiger partial charge in [-0.2, -0.15) is 0 Å². The van der Waals surface area contributed by atoms with Crippen LogP contribution in [0.15, 0.2) is 6.20 Å². The molecule has 26 heavy (non-hydrogen) atoms. The van der Waals surface area contributed by atoms with Gasteiger partial charge in [-0.15, -0.1) is 0 Å². The fraction of sp³-hybridized carbons (Fsp3) is 0.714. The number of ketones is 1. The Morgan fingerprint density at radius 1 is 1.12 bits per heavy atom. The molecule has 0 N–H and O–H groups in total. The summed E-state index contributed by atoms with van der Waals surface area (Å²) in [5.74, 6) is 1.04. The molecule has 0 aliphatic heterocycles. The summed E-state index contributed by atoms with van der Waals surface area (Å²) in [4.78, 5) is 17.5. The number of aryl methyl sites for hydroxylation is 1. The van der Waals surface area contributed by atoms with E-state index in [1.165, 1.54) is 57.8 Å². The molecule has 0 saturated heterocycles. The number of carbonyl (C=O) groups is 1. The fourth-order valence-electron chi connectivity index (χ4n) is 3.68. The summed E-state index contributed by atoms with van der Waals surface area (Å²) in [6.45, 7) is 10.6. The topological polar surface area (TPSA) is 34.4 Å². The molecule has 0 amide bonds. The number of carbonyl (C=O) groups excluding carboxylic acids is 1. The van der Waals surface area contributed by atoms with E-state index in [1.807, 2.05) is 18.3 Å². The minimum atomic E-state index is -0.738. The first-order chi connectivity index (χ1) is 12.5. The van der Waals surface area contributed by atoms with E-state index in [2.05, 4.69) is 36.4 Å². The van der Waals surface area contributed by atoms with Crippen LogP contribution in [-0.4, -0.2) is 36.3 Å². The molecule has 2 rings (SSSR count). The zero-order valence-corrected chi connectivity index (χ0v) is 20.8. The summed E-state index contributed by atoms with van der Waals surface area (Å²) in [5, 5.41) is 0. The fourth-order valence-corrected chi connectivity index (χ4v) is 12.0. The summed E-state index contributed by atoms with van der Waals surface area (Å²) in [5.41, 5.74) is 0.666. The first kappa shape index (κ1) is 21.9. The Morgan fingerprint density at radius 3 is 2.12 bits per heavy atom. The summed E-state index contributed by atoms with van der Waals surface area (Å²) in [7, 11) is 0. The maximum absolute atomic E-state index is 11.9. The van der Waals surface area contributed by atoms with Gasteiger partial charge >= 0.3 is 174 Å². The van der Waals surface area contributed by atoms with Crippen LogP contribution in [0.25, 0.3) is 4.83 Å². The van der Waals surface area contributed by atoms with Crippen LogP contribution in [0.2, 0.25) is 3.43 Å². The van der Waals surface area contributed by atoms with Crippen molar-refractivity contribution in [3.05, 3.63) is 17.7 Å². The molecule has 2 aromatic rings. The molecule has 0 fully saturated rings. The average molecular weight is 481 g/mol. The van der Waals surface area contributed by atoms with Crippen LogP contribution in [-0.2, 0) is 0 Å². The van der Waals surface area contributed by atoms with Gasteiger partial charge in [-0.1, -0.05) is 0 Å². The number of thiazole rings is 1. The Kier molecular flexibility index (Phi) is 8.65. The second kappa shape index (κ2) is 10.3. The zero-order valence-electron chi connectivity index (χ0n) is 17.2. The quantitative estimate of drug-likeness (QED) is 0.277. The first-order valence-corrected chi connectivity index (χ1v) is 13.9. The van der Waals surface area contributed by atoms with Gasteiger partial charge < -0.3 is 0 Å². The van der Waals surface area contributed by atoms with E-state index in [4.69, 9.17) is 0 Å². The first-order valence-electron chi connectivity index (χ1n) is 10.2. The molecule has 2 heterocycles. The number of hydrogen-bond donors (Lipinski definition) is 0. The van der Waals surface area contributed by atoms with Crippen LogP contribution in [0, 0.1) is 6.92 Å². The Balaban J connectivity index is 2.34. The molecule has 0 saturated carbocycles. The van der Waals surface area contributed by atoms with E-state index in [1.54, 1.807) is 9.82 Å². The van der Waals surface area contributed by atoms with Crippen molar-refractivity contribution in [2.24, 2.45) is 0 Å².